The van der Waals surface area contributed by atoms with Gasteiger partial charge in [-0.25, -0.2) is 0 Å². The topological polar surface area (TPSA) is 32.8 Å². The quantitative estimate of drug-likeness (QED) is 0.791. The van der Waals surface area contributed by atoms with Crippen LogP contribution in [0, 0.1) is 5.92 Å². The summed E-state index contributed by atoms with van der Waals surface area (Å²) >= 11 is 0. The average molecular weight is 379 g/mol. The Hall–Kier alpha value is -2.33. The fourth-order valence-electron chi connectivity index (χ4n) is 5.00. The molecule has 2 aromatic rings. The van der Waals surface area contributed by atoms with Crippen LogP contribution in [0.4, 0.5) is 0 Å². The number of benzene rings is 2. The molecule has 4 rings (SSSR count). The second-order valence-electron chi connectivity index (χ2n) is 8.01. The molecule has 0 saturated carbocycles. The van der Waals surface area contributed by atoms with Gasteiger partial charge in [0.15, 0.2) is 0 Å². The zero-order valence-electron chi connectivity index (χ0n) is 16.9. The van der Waals surface area contributed by atoms with E-state index in [-0.39, 0.29) is 5.91 Å². The normalized spacial score (nSPS) is 24.8. The molecule has 148 valence electrons. The molecular formula is C24H30N2O2. The lowest BCUT2D eigenvalue weighted by Crippen LogP contribution is -2.48. The number of nitrogens with zero attached hydrogens (tertiary/aromatic N) is 2. The van der Waals surface area contributed by atoms with Gasteiger partial charge in [0.05, 0.1) is 7.11 Å². The number of amides is 1. The van der Waals surface area contributed by atoms with E-state index < -0.39 is 0 Å². The van der Waals surface area contributed by atoms with Crippen LogP contribution in [0.3, 0.4) is 0 Å². The van der Waals surface area contributed by atoms with Gasteiger partial charge in [0.25, 0.3) is 0 Å². The first-order valence-electron chi connectivity index (χ1n) is 10.4. The van der Waals surface area contributed by atoms with E-state index in [1.165, 1.54) is 11.1 Å². The van der Waals surface area contributed by atoms with Crippen LogP contribution < -0.4 is 4.74 Å². The second-order valence-corrected chi connectivity index (χ2v) is 8.01. The summed E-state index contributed by atoms with van der Waals surface area (Å²) in [7, 11) is 1.71. The molecule has 4 nitrogen and oxygen atoms in total. The van der Waals surface area contributed by atoms with Gasteiger partial charge in [-0.15, -0.1) is 0 Å². The lowest BCUT2D eigenvalue weighted by Gasteiger charge is -2.39. The SMILES string of the molecule is CCC(=O)N1CC[C@H]2[C@@H](C1)[C@H](c1ccc(OC)cc1)CN2Cc1ccccc1. The molecule has 0 unspecified atom stereocenters. The van der Waals surface area contributed by atoms with Crippen LogP contribution in [0.5, 0.6) is 5.75 Å². The lowest BCUT2D eigenvalue weighted by molar-refractivity contribution is -0.133. The molecule has 4 heteroatoms. The van der Waals surface area contributed by atoms with E-state index in [1.807, 2.05) is 6.92 Å². The van der Waals surface area contributed by atoms with Crippen LogP contribution in [-0.2, 0) is 11.3 Å². The third-order valence-electron chi connectivity index (χ3n) is 6.46. The second kappa shape index (κ2) is 8.36. The van der Waals surface area contributed by atoms with Gasteiger partial charge in [-0.2, -0.15) is 0 Å². The Morgan fingerprint density at radius 2 is 1.82 bits per heavy atom. The largest absolute Gasteiger partial charge is 0.497 e. The van der Waals surface area contributed by atoms with E-state index in [2.05, 4.69) is 64.4 Å². The molecule has 3 atom stereocenters. The Morgan fingerprint density at radius 3 is 2.50 bits per heavy atom. The summed E-state index contributed by atoms with van der Waals surface area (Å²) in [6.45, 7) is 5.75. The Bertz CT molecular complexity index is 790. The molecule has 28 heavy (non-hydrogen) atoms. The first-order chi connectivity index (χ1) is 13.7. The molecule has 2 heterocycles. The third kappa shape index (κ3) is 3.79. The van der Waals surface area contributed by atoms with Crippen LogP contribution in [0.2, 0.25) is 0 Å². The molecule has 2 aromatic carbocycles. The standard InChI is InChI=1S/C24H30N2O2/c1-3-24(27)25-14-13-23-22(17-25)21(19-9-11-20(28-2)12-10-19)16-26(23)15-18-7-5-4-6-8-18/h4-12,21-23H,3,13-17H2,1-2H3/t21-,22-,23-/m0/s1. The predicted molar refractivity (Wildman–Crippen MR) is 111 cm³/mol. The molecule has 2 aliphatic rings. The monoisotopic (exact) mass is 378 g/mol. The number of fused-ring (bicyclic) bond motifs is 1. The van der Waals surface area contributed by atoms with E-state index >= 15 is 0 Å². The van der Waals surface area contributed by atoms with Gasteiger partial charge in [-0.1, -0.05) is 49.4 Å². The first-order valence-corrected chi connectivity index (χ1v) is 10.4. The maximum Gasteiger partial charge on any atom is 0.222 e. The molecule has 0 N–H and O–H groups in total. The van der Waals surface area contributed by atoms with Crippen molar-refractivity contribution in [1.82, 2.24) is 9.80 Å². The molecule has 0 aliphatic carbocycles. The Morgan fingerprint density at radius 1 is 1.07 bits per heavy atom. The van der Waals surface area contributed by atoms with Gasteiger partial charge in [-0.05, 0) is 29.7 Å². The fraction of sp³-hybridized carbons (Fsp3) is 0.458. The van der Waals surface area contributed by atoms with Crippen molar-refractivity contribution in [1.29, 1.82) is 0 Å². The minimum absolute atomic E-state index is 0.286. The van der Waals surface area contributed by atoms with Gasteiger partial charge in [0.2, 0.25) is 5.91 Å². The van der Waals surface area contributed by atoms with Crippen LogP contribution in [0.25, 0.3) is 0 Å². The average Bonchev–Trinajstić information content (AvgIpc) is 3.11. The highest BCUT2D eigenvalue weighted by atomic mass is 16.5. The smallest absolute Gasteiger partial charge is 0.222 e. The summed E-state index contributed by atoms with van der Waals surface area (Å²) < 4.78 is 5.34. The number of hydrogen-bond acceptors (Lipinski definition) is 3. The van der Waals surface area contributed by atoms with E-state index in [4.69, 9.17) is 4.74 Å². The molecule has 2 saturated heterocycles. The summed E-state index contributed by atoms with van der Waals surface area (Å²) in [5.41, 5.74) is 2.72. The number of piperidine rings is 1. The Kier molecular flexibility index (Phi) is 5.67. The van der Waals surface area contributed by atoms with E-state index in [9.17, 15) is 4.79 Å². The van der Waals surface area contributed by atoms with Crippen molar-refractivity contribution >= 4 is 5.91 Å². The highest BCUT2D eigenvalue weighted by Gasteiger charge is 2.45. The summed E-state index contributed by atoms with van der Waals surface area (Å²) in [4.78, 5) is 17.1. The molecule has 0 bridgehead atoms. The fourth-order valence-corrected chi connectivity index (χ4v) is 5.00. The number of likely N-dealkylation sites (tertiary alicyclic amines) is 2. The number of ether oxygens (including phenoxy) is 1. The summed E-state index contributed by atoms with van der Waals surface area (Å²) in [6, 6.07) is 19.8. The minimum Gasteiger partial charge on any atom is -0.497 e. The van der Waals surface area contributed by atoms with Crippen molar-refractivity contribution in [2.45, 2.75) is 38.3 Å². The van der Waals surface area contributed by atoms with Crippen LogP contribution in [0.1, 0.15) is 36.8 Å². The van der Waals surface area contributed by atoms with Crippen molar-refractivity contribution in [3.05, 3.63) is 65.7 Å². The third-order valence-corrected chi connectivity index (χ3v) is 6.46. The zero-order valence-corrected chi connectivity index (χ0v) is 16.9. The van der Waals surface area contributed by atoms with Crippen molar-refractivity contribution in [2.24, 2.45) is 5.92 Å². The molecule has 0 aromatic heterocycles. The number of hydrogen-bond donors (Lipinski definition) is 0. The molecule has 0 spiro atoms. The van der Waals surface area contributed by atoms with E-state index in [0.717, 1.165) is 38.3 Å². The highest BCUT2D eigenvalue weighted by Crippen LogP contribution is 2.42. The number of methoxy groups -OCH3 is 1. The summed E-state index contributed by atoms with van der Waals surface area (Å²) in [6.07, 6.45) is 1.66. The molecule has 1 amide bonds. The van der Waals surface area contributed by atoms with Crippen LogP contribution in [0.15, 0.2) is 54.6 Å². The van der Waals surface area contributed by atoms with Gasteiger partial charge in [0.1, 0.15) is 5.75 Å². The number of rotatable bonds is 5. The highest BCUT2D eigenvalue weighted by molar-refractivity contribution is 5.76. The van der Waals surface area contributed by atoms with E-state index in [1.54, 1.807) is 7.11 Å². The number of carbonyl (C=O) groups is 1. The molecule has 0 radical (unpaired) electrons. The maximum atomic E-state index is 12.4. The molecule has 2 aliphatic heterocycles. The Balaban J connectivity index is 1.59. The van der Waals surface area contributed by atoms with Gasteiger partial charge < -0.3 is 9.64 Å². The Labute approximate surface area is 168 Å². The van der Waals surface area contributed by atoms with Crippen molar-refractivity contribution < 1.29 is 9.53 Å². The molecule has 2 fully saturated rings. The van der Waals surface area contributed by atoms with Crippen molar-refractivity contribution in [3.63, 3.8) is 0 Å². The predicted octanol–water partition coefficient (Wildman–Crippen LogP) is 3.92. The van der Waals surface area contributed by atoms with Crippen LogP contribution in [-0.4, -0.2) is 48.5 Å². The lowest BCUT2D eigenvalue weighted by atomic mass is 9.81. The van der Waals surface area contributed by atoms with Gasteiger partial charge in [-0.3, -0.25) is 9.69 Å². The van der Waals surface area contributed by atoms with E-state index in [0.29, 0.717) is 24.3 Å². The first kappa shape index (κ1) is 19.0. The van der Waals surface area contributed by atoms with Crippen molar-refractivity contribution in [3.8, 4) is 5.75 Å². The number of carbonyl (C=O) groups excluding carboxylic acids is 1. The zero-order chi connectivity index (χ0) is 19.5. The molecular weight excluding hydrogens is 348 g/mol. The van der Waals surface area contributed by atoms with Crippen LogP contribution >= 0.6 is 0 Å². The minimum atomic E-state index is 0.286. The summed E-state index contributed by atoms with van der Waals surface area (Å²) in [5, 5.41) is 0. The van der Waals surface area contributed by atoms with Crippen molar-refractivity contribution in [2.75, 3.05) is 26.7 Å². The maximum absolute atomic E-state index is 12.4. The summed E-state index contributed by atoms with van der Waals surface area (Å²) in [5.74, 6) is 2.12. The van der Waals surface area contributed by atoms with Gasteiger partial charge >= 0.3 is 0 Å². The van der Waals surface area contributed by atoms with Gasteiger partial charge in [0, 0.05) is 50.5 Å².